The number of sulfone groups is 1. The minimum Gasteiger partial charge on any atom is -0.299 e. The molecule has 1 aromatic rings. The maximum absolute atomic E-state index is 12.4. The van der Waals surface area contributed by atoms with E-state index in [9.17, 15) is 13.2 Å². The lowest BCUT2D eigenvalue weighted by Crippen LogP contribution is -2.30. The molecule has 114 valence electrons. The molecule has 0 radical (unpaired) electrons. The van der Waals surface area contributed by atoms with Crippen LogP contribution in [0, 0.1) is 11.8 Å². The molecule has 1 aliphatic carbocycles. The molecule has 1 aliphatic heterocycles. The second kappa shape index (κ2) is 5.56. The summed E-state index contributed by atoms with van der Waals surface area (Å²) in [7, 11) is -3.21. The van der Waals surface area contributed by atoms with Gasteiger partial charge in [0.2, 0.25) is 0 Å². The van der Waals surface area contributed by atoms with E-state index in [-0.39, 0.29) is 23.4 Å². The smallest absolute Gasteiger partial charge is 0.179 e. The van der Waals surface area contributed by atoms with Crippen LogP contribution in [0.15, 0.2) is 29.2 Å². The molecule has 0 N–H and O–H groups in total. The average Bonchev–Trinajstić information content (AvgIpc) is 2.74. The summed E-state index contributed by atoms with van der Waals surface area (Å²) >= 11 is 0. The molecule has 1 heterocycles. The molecule has 2 aliphatic rings. The van der Waals surface area contributed by atoms with E-state index in [1.165, 1.54) is 0 Å². The fourth-order valence-electron chi connectivity index (χ4n) is 4.02. The Kier molecular flexibility index (Phi) is 3.91. The van der Waals surface area contributed by atoms with Crippen LogP contribution < -0.4 is 0 Å². The van der Waals surface area contributed by atoms with Gasteiger partial charge in [-0.15, -0.1) is 0 Å². The maximum Gasteiger partial charge on any atom is 0.179 e. The van der Waals surface area contributed by atoms with E-state index in [0.29, 0.717) is 17.2 Å². The van der Waals surface area contributed by atoms with E-state index in [1.807, 2.05) is 12.1 Å². The number of benzene rings is 1. The predicted octanol–water partition coefficient (Wildman–Crippen LogP) is 3.34. The molecule has 21 heavy (non-hydrogen) atoms. The topological polar surface area (TPSA) is 51.2 Å². The summed E-state index contributed by atoms with van der Waals surface area (Å²) in [6.45, 7) is 2.17. The third kappa shape index (κ3) is 2.66. The first-order valence-corrected chi connectivity index (χ1v) is 9.52. The van der Waals surface area contributed by atoms with Crippen LogP contribution in [0.3, 0.4) is 0 Å². The van der Waals surface area contributed by atoms with Gasteiger partial charge in [-0.25, -0.2) is 8.42 Å². The Hall–Kier alpha value is -1.16. The molecule has 0 spiro atoms. The van der Waals surface area contributed by atoms with E-state index >= 15 is 0 Å². The Balaban J connectivity index is 1.92. The lowest BCUT2D eigenvalue weighted by atomic mass is 9.72. The van der Waals surface area contributed by atoms with Crippen molar-refractivity contribution in [3.63, 3.8) is 0 Å². The van der Waals surface area contributed by atoms with Crippen LogP contribution in [0.4, 0.5) is 0 Å². The van der Waals surface area contributed by atoms with Crippen LogP contribution in [0.5, 0.6) is 0 Å². The van der Waals surface area contributed by atoms with Crippen molar-refractivity contribution in [2.24, 2.45) is 11.8 Å². The number of carbonyl (C=O) groups is 1. The van der Waals surface area contributed by atoms with Crippen molar-refractivity contribution in [3.8, 4) is 0 Å². The fourth-order valence-corrected chi connectivity index (χ4v) is 5.95. The number of hydrogen-bond acceptors (Lipinski definition) is 3. The van der Waals surface area contributed by atoms with Gasteiger partial charge in [-0.05, 0) is 30.4 Å². The lowest BCUT2D eigenvalue weighted by molar-refractivity contribution is -0.126. The van der Waals surface area contributed by atoms with Crippen molar-refractivity contribution in [2.45, 2.75) is 49.8 Å². The van der Waals surface area contributed by atoms with Crippen molar-refractivity contribution < 1.29 is 13.2 Å². The molecule has 1 saturated carbocycles. The van der Waals surface area contributed by atoms with Crippen molar-refractivity contribution in [2.75, 3.05) is 5.75 Å². The van der Waals surface area contributed by atoms with Gasteiger partial charge in [0.15, 0.2) is 9.84 Å². The van der Waals surface area contributed by atoms with Crippen molar-refractivity contribution >= 4 is 15.6 Å². The fraction of sp³-hybridized carbons (Fsp3) is 0.588. The molecule has 3 atom stereocenters. The van der Waals surface area contributed by atoms with E-state index in [1.54, 1.807) is 12.1 Å². The van der Waals surface area contributed by atoms with Crippen LogP contribution in [-0.4, -0.2) is 20.0 Å². The SMILES string of the molecule is CCCC1CCC(=O)C(C2CS(=O)(=O)c3ccccc32)C1. The summed E-state index contributed by atoms with van der Waals surface area (Å²) < 4.78 is 24.6. The monoisotopic (exact) mass is 306 g/mol. The third-order valence-electron chi connectivity index (χ3n) is 5.03. The Morgan fingerprint density at radius 1 is 1.19 bits per heavy atom. The van der Waals surface area contributed by atoms with Gasteiger partial charge < -0.3 is 0 Å². The second-order valence-electron chi connectivity index (χ2n) is 6.43. The average molecular weight is 306 g/mol. The van der Waals surface area contributed by atoms with Crippen LogP contribution >= 0.6 is 0 Å². The molecule has 3 rings (SSSR count). The predicted molar refractivity (Wildman–Crippen MR) is 82.0 cm³/mol. The molecule has 0 bridgehead atoms. The minimum absolute atomic E-state index is 0.103. The Morgan fingerprint density at radius 3 is 2.71 bits per heavy atom. The highest BCUT2D eigenvalue weighted by atomic mass is 32.2. The number of Topliss-reactive ketones (excluding diaryl/α,β-unsaturated/α-hetero) is 1. The van der Waals surface area contributed by atoms with Crippen molar-refractivity contribution in [1.29, 1.82) is 0 Å². The zero-order valence-corrected chi connectivity index (χ0v) is 13.2. The van der Waals surface area contributed by atoms with E-state index in [4.69, 9.17) is 0 Å². The van der Waals surface area contributed by atoms with Gasteiger partial charge in [0, 0.05) is 18.3 Å². The number of fused-ring (bicyclic) bond motifs is 1. The van der Waals surface area contributed by atoms with Crippen molar-refractivity contribution in [3.05, 3.63) is 29.8 Å². The largest absolute Gasteiger partial charge is 0.299 e. The zero-order valence-electron chi connectivity index (χ0n) is 12.4. The molecule has 1 aromatic carbocycles. The van der Waals surface area contributed by atoms with Gasteiger partial charge in [-0.3, -0.25) is 4.79 Å². The van der Waals surface area contributed by atoms with Crippen LogP contribution in [0.25, 0.3) is 0 Å². The number of rotatable bonds is 3. The van der Waals surface area contributed by atoms with Crippen LogP contribution in [0.1, 0.15) is 50.5 Å². The van der Waals surface area contributed by atoms with Crippen LogP contribution in [-0.2, 0) is 14.6 Å². The first-order chi connectivity index (χ1) is 10.0. The summed E-state index contributed by atoms with van der Waals surface area (Å²) in [6.07, 6.45) is 4.73. The van der Waals surface area contributed by atoms with Crippen LogP contribution in [0.2, 0.25) is 0 Å². The Morgan fingerprint density at radius 2 is 1.95 bits per heavy atom. The van der Waals surface area contributed by atoms with Gasteiger partial charge in [-0.1, -0.05) is 38.0 Å². The first kappa shape index (κ1) is 14.8. The Labute approximate surface area is 126 Å². The molecular formula is C17H22O3S. The van der Waals surface area contributed by atoms with E-state index in [0.717, 1.165) is 31.2 Å². The molecule has 0 aromatic heterocycles. The molecule has 0 amide bonds. The van der Waals surface area contributed by atoms with E-state index in [2.05, 4.69) is 6.92 Å². The highest BCUT2D eigenvalue weighted by molar-refractivity contribution is 7.91. The molecule has 4 heteroatoms. The van der Waals surface area contributed by atoms with Gasteiger partial charge in [0.05, 0.1) is 10.6 Å². The molecule has 0 saturated heterocycles. The second-order valence-corrected chi connectivity index (χ2v) is 8.43. The normalized spacial score (nSPS) is 31.1. The quantitative estimate of drug-likeness (QED) is 0.860. The van der Waals surface area contributed by atoms with Gasteiger partial charge >= 0.3 is 0 Å². The summed E-state index contributed by atoms with van der Waals surface area (Å²) in [5.41, 5.74) is 0.869. The summed E-state index contributed by atoms with van der Waals surface area (Å²) in [5.74, 6) is 0.723. The van der Waals surface area contributed by atoms with Gasteiger partial charge in [0.25, 0.3) is 0 Å². The molecule has 3 nitrogen and oxygen atoms in total. The minimum atomic E-state index is -3.21. The molecule has 3 unspecified atom stereocenters. The van der Waals surface area contributed by atoms with E-state index < -0.39 is 9.84 Å². The summed E-state index contributed by atoms with van der Waals surface area (Å²) in [5, 5.41) is 0. The third-order valence-corrected chi connectivity index (χ3v) is 6.87. The summed E-state index contributed by atoms with van der Waals surface area (Å²) in [4.78, 5) is 12.8. The maximum atomic E-state index is 12.4. The van der Waals surface area contributed by atoms with Gasteiger partial charge in [-0.2, -0.15) is 0 Å². The molecular weight excluding hydrogens is 284 g/mol. The van der Waals surface area contributed by atoms with Gasteiger partial charge in [0.1, 0.15) is 5.78 Å². The number of hydrogen-bond donors (Lipinski definition) is 0. The number of carbonyl (C=O) groups excluding carboxylic acids is 1. The standard InChI is InChI=1S/C17H22O3S/c1-2-5-12-8-9-16(18)14(10-12)15-11-21(19,20)17-7-4-3-6-13(15)17/h3-4,6-7,12,14-15H,2,5,8-11H2,1H3. The molecule has 1 fully saturated rings. The highest BCUT2D eigenvalue weighted by Crippen LogP contribution is 2.44. The lowest BCUT2D eigenvalue weighted by Gasteiger charge is -2.31. The Bertz CT molecular complexity index is 648. The number of ketones is 1. The highest BCUT2D eigenvalue weighted by Gasteiger charge is 2.43. The van der Waals surface area contributed by atoms with Crippen molar-refractivity contribution in [1.82, 2.24) is 0 Å². The first-order valence-electron chi connectivity index (χ1n) is 7.87. The summed E-state index contributed by atoms with van der Waals surface area (Å²) in [6, 6.07) is 7.22. The zero-order chi connectivity index (χ0) is 15.0.